The molecular formula is C9H7FN2O. The first-order valence-electron chi connectivity index (χ1n) is 3.60. The zero-order chi connectivity index (χ0) is 9.84. The first-order valence-corrected chi connectivity index (χ1v) is 3.60. The van der Waals surface area contributed by atoms with E-state index >= 15 is 0 Å². The lowest BCUT2D eigenvalue weighted by Gasteiger charge is -2.03. The molecule has 1 rings (SSSR count). The molecule has 3 nitrogen and oxygen atoms in total. The second-order valence-corrected chi connectivity index (χ2v) is 2.48. The largest absolute Gasteiger partial charge is 0.325 e. The van der Waals surface area contributed by atoms with Crippen LogP contribution in [0, 0.1) is 17.1 Å². The van der Waals surface area contributed by atoms with Crippen molar-refractivity contribution in [2.45, 2.75) is 6.92 Å². The van der Waals surface area contributed by atoms with Crippen LogP contribution in [0.5, 0.6) is 0 Å². The molecule has 13 heavy (non-hydrogen) atoms. The molecule has 0 radical (unpaired) electrons. The van der Waals surface area contributed by atoms with Crippen molar-refractivity contribution in [2.24, 2.45) is 0 Å². The van der Waals surface area contributed by atoms with Crippen LogP contribution in [0.4, 0.5) is 10.1 Å². The van der Waals surface area contributed by atoms with Gasteiger partial charge in [0.05, 0.1) is 11.3 Å². The third kappa shape index (κ3) is 2.27. The molecule has 1 aromatic carbocycles. The molecule has 0 fully saturated rings. The maximum atomic E-state index is 12.7. The molecule has 1 N–H and O–H groups in total. The Morgan fingerprint density at radius 3 is 2.85 bits per heavy atom. The Morgan fingerprint density at radius 2 is 2.31 bits per heavy atom. The average molecular weight is 178 g/mol. The van der Waals surface area contributed by atoms with Crippen LogP contribution < -0.4 is 5.32 Å². The zero-order valence-corrected chi connectivity index (χ0v) is 6.97. The highest BCUT2D eigenvalue weighted by Crippen LogP contribution is 2.15. The molecule has 0 spiro atoms. The molecule has 0 heterocycles. The second-order valence-electron chi connectivity index (χ2n) is 2.48. The summed E-state index contributed by atoms with van der Waals surface area (Å²) in [7, 11) is 0. The molecular weight excluding hydrogens is 171 g/mol. The van der Waals surface area contributed by atoms with E-state index in [9.17, 15) is 9.18 Å². The quantitative estimate of drug-likeness (QED) is 0.710. The molecule has 0 saturated carbocycles. The normalized spacial score (nSPS) is 9.00. The van der Waals surface area contributed by atoms with E-state index < -0.39 is 5.82 Å². The molecule has 0 saturated heterocycles. The lowest BCUT2D eigenvalue weighted by atomic mass is 10.2. The van der Waals surface area contributed by atoms with Crippen molar-refractivity contribution in [3.63, 3.8) is 0 Å². The molecule has 0 aromatic heterocycles. The molecule has 0 atom stereocenters. The smallest absolute Gasteiger partial charge is 0.221 e. The van der Waals surface area contributed by atoms with Gasteiger partial charge in [-0.3, -0.25) is 4.79 Å². The van der Waals surface area contributed by atoms with E-state index in [4.69, 9.17) is 5.26 Å². The number of halogens is 1. The molecule has 0 aliphatic carbocycles. The minimum atomic E-state index is -0.484. The number of anilines is 1. The second kappa shape index (κ2) is 3.68. The van der Waals surface area contributed by atoms with Gasteiger partial charge in [-0.25, -0.2) is 4.39 Å². The first kappa shape index (κ1) is 9.20. The molecule has 66 valence electrons. The Balaban J connectivity index is 3.10. The first-order chi connectivity index (χ1) is 6.13. The summed E-state index contributed by atoms with van der Waals surface area (Å²) in [5.41, 5.74) is 0.451. The number of rotatable bonds is 1. The molecule has 1 aromatic rings. The number of benzene rings is 1. The molecule has 0 bridgehead atoms. The van der Waals surface area contributed by atoms with Gasteiger partial charge in [-0.1, -0.05) is 0 Å². The minimum absolute atomic E-state index is 0.204. The number of nitrogens with zero attached hydrogens (tertiary/aromatic N) is 1. The van der Waals surface area contributed by atoms with E-state index in [0.29, 0.717) is 0 Å². The minimum Gasteiger partial charge on any atom is -0.325 e. The number of nitriles is 1. The molecule has 0 aliphatic rings. The van der Waals surface area contributed by atoms with Crippen molar-refractivity contribution in [3.05, 3.63) is 29.6 Å². The number of nitrogens with one attached hydrogen (secondary N) is 1. The maximum absolute atomic E-state index is 12.7. The van der Waals surface area contributed by atoms with Crippen LogP contribution in [-0.4, -0.2) is 5.91 Å². The van der Waals surface area contributed by atoms with Crippen molar-refractivity contribution < 1.29 is 9.18 Å². The summed E-state index contributed by atoms with van der Waals surface area (Å²) >= 11 is 0. The fourth-order valence-electron chi connectivity index (χ4n) is 0.907. The van der Waals surface area contributed by atoms with E-state index in [1.54, 1.807) is 0 Å². The van der Waals surface area contributed by atoms with Gasteiger partial charge in [-0.05, 0) is 18.2 Å². The highest BCUT2D eigenvalue weighted by atomic mass is 19.1. The Bertz CT molecular complexity index is 382. The van der Waals surface area contributed by atoms with E-state index in [0.717, 1.165) is 6.07 Å². The van der Waals surface area contributed by atoms with Crippen LogP contribution in [0.3, 0.4) is 0 Å². The van der Waals surface area contributed by atoms with Gasteiger partial charge in [-0.15, -0.1) is 0 Å². The van der Waals surface area contributed by atoms with Crippen molar-refractivity contribution in [1.82, 2.24) is 0 Å². The summed E-state index contributed by atoms with van der Waals surface area (Å²) in [4.78, 5) is 10.6. The molecule has 0 unspecified atom stereocenters. The van der Waals surface area contributed by atoms with Crippen molar-refractivity contribution in [2.75, 3.05) is 5.32 Å². The zero-order valence-electron chi connectivity index (χ0n) is 6.97. The molecule has 0 aliphatic heterocycles. The molecule has 4 heteroatoms. The van der Waals surface area contributed by atoms with E-state index in [-0.39, 0.29) is 17.2 Å². The van der Waals surface area contributed by atoms with Gasteiger partial charge < -0.3 is 5.32 Å². The van der Waals surface area contributed by atoms with Gasteiger partial charge in [0.2, 0.25) is 5.91 Å². The highest BCUT2D eigenvalue weighted by molar-refractivity contribution is 5.90. The van der Waals surface area contributed by atoms with Gasteiger partial charge >= 0.3 is 0 Å². The summed E-state index contributed by atoms with van der Waals surface area (Å²) in [6.07, 6.45) is 0. The van der Waals surface area contributed by atoms with Gasteiger partial charge in [-0.2, -0.15) is 5.26 Å². The van der Waals surface area contributed by atoms with Gasteiger partial charge in [0.25, 0.3) is 0 Å². The highest BCUT2D eigenvalue weighted by Gasteiger charge is 2.04. The summed E-state index contributed by atoms with van der Waals surface area (Å²) in [6.45, 7) is 1.30. The fraction of sp³-hybridized carbons (Fsp3) is 0.111. The van der Waals surface area contributed by atoms with E-state index in [2.05, 4.69) is 5.32 Å². The standard InChI is InChI=1S/C9H7FN2O/c1-6(13)12-9-4-8(10)3-2-7(9)5-11/h2-4H,1H3,(H,12,13). The predicted octanol–water partition coefficient (Wildman–Crippen LogP) is 1.66. The van der Waals surface area contributed by atoms with Crippen molar-refractivity contribution >= 4 is 11.6 Å². The maximum Gasteiger partial charge on any atom is 0.221 e. The van der Waals surface area contributed by atoms with Crippen LogP contribution in [0.1, 0.15) is 12.5 Å². The Hall–Kier alpha value is -1.89. The number of amides is 1. The predicted molar refractivity (Wildman–Crippen MR) is 45.4 cm³/mol. The third-order valence-corrected chi connectivity index (χ3v) is 1.41. The van der Waals surface area contributed by atoms with Gasteiger partial charge in [0, 0.05) is 6.92 Å². The van der Waals surface area contributed by atoms with Gasteiger partial charge in [0.1, 0.15) is 11.9 Å². The van der Waals surface area contributed by atoms with E-state index in [1.807, 2.05) is 6.07 Å². The fourth-order valence-corrected chi connectivity index (χ4v) is 0.907. The SMILES string of the molecule is CC(=O)Nc1cc(F)ccc1C#N. The lowest BCUT2D eigenvalue weighted by Crippen LogP contribution is -2.07. The van der Waals surface area contributed by atoms with Crippen molar-refractivity contribution in [3.8, 4) is 6.07 Å². The average Bonchev–Trinajstić information content (AvgIpc) is 2.03. The van der Waals surface area contributed by atoms with E-state index in [1.165, 1.54) is 19.1 Å². The van der Waals surface area contributed by atoms with Gasteiger partial charge in [0.15, 0.2) is 0 Å². The number of hydrogen-bond acceptors (Lipinski definition) is 2. The van der Waals surface area contributed by atoms with Crippen LogP contribution in [-0.2, 0) is 4.79 Å². The Morgan fingerprint density at radius 1 is 1.62 bits per heavy atom. The third-order valence-electron chi connectivity index (χ3n) is 1.41. The summed E-state index contributed by atoms with van der Waals surface area (Å²) in [6, 6.07) is 5.45. The van der Waals surface area contributed by atoms with Crippen LogP contribution >= 0.6 is 0 Å². The summed E-state index contributed by atoms with van der Waals surface area (Å²) in [5, 5.41) is 11.0. The monoisotopic (exact) mass is 178 g/mol. The topological polar surface area (TPSA) is 52.9 Å². The van der Waals surface area contributed by atoms with Crippen LogP contribution in [0.2, 0.25) is 0 Å². The lowest BCUT2D eigenvalue weighted by molar-refractivity contribution is -0.114. The Kier molecular flexibility index (Phi) is 2.60. The molecule has 1 amide bonds. The number of carbonyl (C=O) groups excluding carboxylic acids is 1. The summed E-state index contributed by atoms with van der Waals surface area (Å²) < 4.78 is 12.7. The number of carbonyl (C=O) groups is 1. The van der Waals surface area contributed by atoms with Crippen LogP contribution in [0.25, 0.3) is 0 Å². The van der Waals surface area contributed by atoms with Crippen LogP contribution in [0.15, 0.2) is 18.2 Å². The number of hydrogen-bond donors (Lipinski definition) is 1. The Labute approximate surface area is 74.8 Å². The summed E-state index contributed by atoms with van der Waals surface area (Å²) in [5.74, 6) is -0.815. The van der Waals surface area contributed by atoms with Crippen molar-refractivity contribution in [1.29, 1.82) is 5.26 Å².